The Hall–Kier alpha value is -2.73. The molecule has 0 saturated heterocycles. The van der Waals surface area contributed by atoms with Gasteiger partial charge in [-0.15, -0.1) is 0 Å². The molecule has 0 aromatic heterocycles. The SMILES string of the molecule is CCNC(=NCC(c1cccc(OC)c1)N(C)C)NCCc1ccccc1OC. The van der Waals surface area contributed by atoms with E-state index in [1.54, 1.807) is 14.2 Å². The average molecular weight is 399 g/mol. The van der Waals surface area contributed by atoms with Crippen molar-refractivity contribution in [3.05, 3.63) is 59.7 Å². The van der Waals surface area contributed by atoms with Gasteiger partial charge in [-0.1, -0.05) is 30.3 Å². The van der Waals surface area contributed by atoms with Gasteiger partial charge in [0.2, 0.25) is 0 Å². The zero-order chi connectivity index (χ0) is 21.1. The Morgan fingerprint density at radius 2 is 1.83 bits per heavy atom. The maximum Gasteiger partial charge on any atom is 0.191 e. The smallest absolute Gasteiger partial charge is 0.191 e. The minimum absolute atomic E-state index is 0.162. The van der Waals surface area contributed by atoms with Crippen molar-refractivity contribution in [2.75, 3.05) is 47.9 Å². The second-order valence-electron chi connectivity index (χ2n) is 6.96. The minimum atomic E-state index is 0.162. The summed E-state index contributed by atoms with van der Waals surface area (Å²) in [5, 5.41) is 6.76. The molecule has 0 spiro atoms. The summed E-state index contributed by atoms with van der Waals surface area (Å²) in [6.45, 7) is 4.30. The van der Waals surface area contributed by atoms with Gasteiger partial charge in [-0.05, 0) is 56.8 Å². The van der Waals surface area contributed by atoms with Crippen LogP contribution < -0.4 is 20.1 Å². The van der Waals surface area contributed by atoms with E-state index in [9.17, 15) is 0 Å². The topological polar surface area (TPSA) is 58.1 Å². The van der Waals surface area contributed by atoms with Crippen LogP contribution in [-0.2, 0) is 6.42 Å². The second kappa shape index (κ2) is 12.0. The van der Waals surface area contributed by atoms with Gasteiger partial charge < -0.3 is 25.0 Å². The molecule has 2 aromatic rings. The van der Waals surface area contributed by atoms with Gasteiger partial charge in [-0.3, -0.25) is 4.99 Å². The van der Waals surface area contributed by atoms with E-state index in [1.165, 1.54) is 11.1 Å². The van der Waals surface area contributed by atoms with E-state index in [4.69, 9.17) is 14.5 Å². The molecule has 0 saturated carbocycles. The zero-order valence-corrected chi connectivity index (χ0v) is 18.2. The van der Waals surface area contributed by atoms with Crippen LogP contribution in [0, 0.1) is 0 Å². The second-order valence-corrected chi connectivity index (χ2v) is 6.96. The van der Waals surface area contributed by atoms with Crippen molar-refractivity contribution in [2.45, 2.75) is 19.4 Å². The number of benzene rings is 2. The summed E-state index contributed by atoms with van der Waals surface area (Å²) < 4.78 is 10.8. The number of aliphatic imine (C=N–C) groups is 1. The molecule has 6 nitrogen and oxygen atoms in total. The molecular weight excluding hydrogens is 364 g/mol. The van der Waals surface area contributed by atoms with Gasteiger partial charge in [0, 0.05) is 13.1 Å². The molecule has 0 heterocycles. The summed E-state index contributed by atoms with van der Waals surface area (Å²) in [4.78, 5) is 7.00. The van der Waals surface area contributed by atoms with Crippen molar-refractivity contribution in [3.8, 4) is 11.5 Å². The molecule has 2 rings (SSSR count). The van der Waals surface area contributed by atoms with E-state index in [-0.39, 0.29) is 6.04 Å². The fourth-order valence-corrected chi connectivity index (χ4v) is 3.16. The molecule has 6 heteroatoms. The predicted molar refractivity (Wildman–Crippen MR) is 120 cm³/mol. The van der Waals surface area contributed by atoms with E-state index in [1.807, 2.05) is 30.3 Å². The first-order chi connectivity index (χ1) is 14.1. The average Bonchev–Trinajstić information content (AvgIpc) is 2.74. The Kier molecular flexibility index (Phi) is 9.31. The predicted octanol–water partition coefficient (Wildman–Crippen LogP) is 3.10. The molecule has 0 radical (unpaired) electrons. The first kappa shape index (κ1) is 22.6. The molecular formula is C23H34N4O2. The van der Waals surface area contributed by atoms with Crippen molar-refractivity contribution in [2.24, 2.45) is 4.99 Å². The number of ether oxygens (including phenoxy) is 2. The summed E-state index contributed by atoms with van der Waals surface area (Å²) in [6.07, 6.45) is 0.863. The number of hydrogen-bond donors (Lipinski definition) is 2. The molecule has 2 aromatic carbocycles. The van der Waals surface area contributed by atoms with Crippen LogP contribution in [0.1, 0.15) is 24.1 Å². The normalized spacial score (nSPS) is 12.6. The maximum atomic E-state index is 5.43. The number of rotatable bonds is 10. The lowest BCUT2D eigenvalue weighted by molar-refractivity contribution is 0.305. The molecule has 29 heavy (non-hydrogen) atoms. The lowest BCUT2D eigenvalue weighted by Crippen LogP contribution is -2.39. The van der Waals surface area contributed by atoms with Crippen LogP contribution in [0.5, 0.6) is 11.5 Å². The third kappa shape index (κ3) is 6.98. The number of hydrogen-bond acceptors (Lipinski definition) is 4. The van der Waals surface area contributed by atoms with Crippen LogP contribution in [0.15, 0.2) is 53.5 Å². The molecule has 0 aliphatic carbocycles. The number of methoxy groups -OCH3 is 2. The van der Waals surface area contributed by atoms with Gasteiger partial charge in [-0.25, -0.2) is 0 Å². The fourth-order valence-electron chi connectivity index (χ4n) is 3.16. The van der Waals surface area contributed by atoms with Gasteiger partial charge in [0.15, 0.2) is 5.96 Å². The van der Waals surface area contributed by atoms with Crippen LogP contribution in [-0.4, -0.2) is 58.8 Å². The summed E-state index contributed by atoms with van der Waals surface area (Å²) >= 11 is 0. The van der Waals surface area contributed by atoms with E-state index in [0.29, 0.717) is 6.54 Å². The van der Waals surface area contributed by atoms with Crippen molar-refractivity contribution in [3.63, 3.8) is 0 Å². The van der Waals surface area contributed by atoms with Gasteiger partial charge in [0.1, 0.15) is 11.5 Å². The fraction of sp³-hybridized carbons (Fsp3) is 0.435. The van der Waals surface area contributed by atoms with Gasteiger partial charge in [-0.2, -0.15) is 0 Å². The van der Waals surface area contributed by atoms with E-state index < -0.39 is 0 Å². The van der Waals surface area contributed by atoms with Crippen LogP contribution >= 0.6 is 0 Å². The highest BCUT2D eigenvalue weighted by molar-refractivity contribution is 5.79. The lowest BCUT2D eigenvalue weighted by atomic mass is 10.1. The standard InChI is InChI=1S/C23H34N4O2/c1-6-24-23(25-15-14-18-10-7-8-13-22(18)29-5)26-17-21(27(2)3)19-11-9-12-20(16-19)28-4/h7-13,16,21H,6,14-15,17H2,1-5H3,(H2,24,25,26). The van der Waals surface area contributed by atoms with E-state index in [2.05, 4.69) is 54.8 Å². The number of nitrogens with zero attached hydrogens (tertiary/aromatic N) is 2. The maximum absolute atomic E-state index is 5.43. The van der Waals surface area contributed by atoms with Crippen LogP contribution in [0.2, 0.25) is 0 Å². The van der Waals surface area contributed by atoms with Gasteiger partial charge in [0.05, 0.1) is 26.8 Å². The summed E-state index contributed by atoms with van der Waals surface area (Å²) in [5.74, 6) is 2.60. The quantitative estimate of drug-likeness (QED) is 0.476. The van der Waals surface area contributed by atoms with Crippen LogP contribution in [0.3, 0.4) is 0 Å². The van der Waals surface area contributed by atoms with Crippen molar-refractivity contribution in [1.29, 1.82) is 0 Å². The van der Waals surface area contributed by atoms with Crippen molar-refractivity contribution in [1.82, 2.24) is 15.5 Å². The molecule has 158 valence electrons. The molecule has 0 aliphatic rings. The Bertz CT molecular complexity index is 777. The largest absolute Gasteiger partial charge is 0.497 e. The Morgan fingerprint density at radius 3 is 2.52 bits per heavy atom. The number of nitrogens with one attached hydrogen (secondary N) is 2. The summed E-state index contributed by atoms with van der Waals surface area (Å²) in [7, 11) is 7.54. The third-order valence-electron chi connectivity index (χ3n) is 4.75. The van der Waals surface area contributed by atoms with Gasteiger partial charge >= 0.3 is 0 Å². The number of guanidine groups is 1. The highest BCUT2D eigenvalue weighted by Crippen LogP contribution is 2.23. The van der Waals surface area contributed by atoms with E-state index in [0.717, 1.165) is 37.0 Å². The lowest BCUT2D eigenvalue weighted by Gasteiger charge is -2.24. The van der Waals surface area contributed by atoms with E-state index >= 15 is 0 Å². The molecule has 1 atom stereocenters. The first-order valence-electron chi connectivity index (χ1n) is 10.0. The van der Waals surface area contributed by atoms with Crippen LogP contribution in [0.4, 0.5) is 0 Å². The third-order valence-corrected chi connectivity index (χ3v) is 4.75. The summed E-state index contributed by atoms with van der Waals surface area (Å²) in [6, 6.07) is 16.4. The zero-order valence-electron chi connectivity index (χ0n) is 18.2. The molecule has 0 fully saturated rings. The Labute approximate surface area is 174 Å². The highest BCUT2D eigenvalue weighted by atomic mass is 16.5. The number of para-hydroxylation sites is 1. The van der Waals surface area contributed by atoms with Crippen molar-refractivity contribution >= 4 is 5.96 Å². The minimum Gasteiger partial charge on any atom is -0.497 e. The van der Waals surface area contributed by atoms with Crippen LogP contribution in [0.25, 0.3) is 0 Å². The highest BCUT2D eigenvalue weighted by Gasteiger charge is 2.15. The molecule has 2 N–H and O–H groups in total. The molecule has 1 unspecified atom stereocenters. The first-order valence-corrected chi connectivity index (χ1v) is 10.0. The Balaban J connectivity index is 2.03. The number of likely N-dealkylation sites (N-methyl/N-ethyl adjacent to an activating group) is 1. The monoisotopic (exact) mass is 398 g/mol. The Morgan fingerprint density at radius 1 is 1.03 bits per heavy atom. The molecule has 0 amide bonds. The molecule has 0 bridgehead atoms. The van der Waals surface area contributed by atoms with Gasteiger partial charge in [0.25, 0.3) is 0 Å². The van der Waals surface area contributed by atoms with Crippen molar-refractivity contribution < 1.29 is 9.47 Å². The molecule has 0 aliphatic heterocycles. The summed E-state index contributed by atoms with van der Waals surface area (Å²) in [5.41, 5.74) is 2.36.